The Morgan fingerprint density at radius 2 is 1.92 bits per heavy atom. The van der Waals surface area contributed by atoms with Gasteiger partial charge in [-0.25, -0.2) is 15.0 Å². The molecule has 2 aromatic heterocycles. The largest absolute Gasteiger partial charge is 0.494 e. The first-order valence-electron chi connectivity index (χ1n) is 12.4. The summed E-state index contributed by atoms with van der Waals surface area (Å²) < 4.78 is 27.4. The van der Waals surface area contributed by atoms with Crippen molar-refractivity contribution in [3.05, 3.63) is 47.6 Å². The van der Waals surface area contributed by atoms with E-state index in [1.165, 1.54) is 6.33 Å². The Balaban J connectivity index is 1.17. The van der Waals surface area contributed by atoms with Crippen LogP contribution in [0, 0.1) is 0 Å². The highest BCUT2D eigenvalue weighted by Gasteiger charge is 2.53. The fourth-order valence-electron chi connectivity index (χ4n) is 4.61. The van der Waals surface area contributed by atoms with Crippen molar-refractivity contribution in [3.8, 4) is 5.75 Å². The van der Waals surface area contributed by atoms with Crippen molar-refractivity contribution < 1.29 is 23.7 Å². The molecule has 37 heavy (non-hydrogen) atoms. The van der Waals surface area contributed by atoms with Crippen LogP contribution in [-0.2, 0) is 19.0 Å². The number of hydrogen-bond acceptors (Lipinski definition) is 8. The number of nitrogens with zero attached hydrogens (tertiary/aromatic N) is 4. The zero-order chi connectivity index (χ0) is 25.8. The van der Waals surface area contributed by atoms with E-state index in [1.807, 2.05) is 35.8 Å². The van der Waals surface area contributed by atoms with Crippen molar-refractivity contribution in [2.45, 2.75) is 63.4 Å². The Morgan fingerprint density at radius 1 is 1.11 bits per heavy atom. The number of imidazole rings is 1. The van der Waals surface area contributed by atoms with E-state index in [0.29, 0.717) is 35.9 Å². The van der Waals surface area contributed by atoms with Crippen molar-refractivity contribution in [1.82, 2.24) is 24.8 Å². The Labute approximate surface area is 233 Å². The molecule has 12 heteroatoms. The van der Waals surface area contributed by atoms with Crippen LogP contribution < -0.4 is 10.1 Å². The molecule has 1 N–H and O–H groups in total. The van der Waals surface area contributed by atoms with Gasteiger partial charge in [-0.3, -0.25) is 9.36 Å². The second-order valence-electron chi connectivity index (χ2n) is 8.92. The number of amides is 1. The van der Waals surface area contributed by atoms with Crippen LogP contribution in [0.1, 0.15) is 50.7 Å². The molecule has 198 valence electrons. The van der Waals surface area contributed by atoms with Crippen molar-refractivity contribution in [2.24, 2.45) is 0 Å². The van der Waals surface area contributed by atoms with E-state index in [9.17, 15) is 4.79 Å². The van der Waals surface area contributed by atoms with Gasteiger partial charge in [-0.2, -0.15) is 0 Å². The van der Waals surface area contributed by atoms with Crippen LogP contribution in [0.4, 0.5) is 0 Å². The minimum atomic E-state index is -0.511. The van der Waals surface area contributed by atoms with Crippen LogP contribution in [0.15, 0.2) is 36.9 Å². The summed E-state index contributed by atoms with van der Waals surface area (Å²) in [5.74, 6) is 0.900. The molecule has 0 saturated carbocycles. The Hall–Kier alpha value is -2.06. The number of carbonyl (C=O) groups excluding carboxylic acids is 1. The lowest BCUT2D eigenvalue weighted by Gasteiger charge is -2.21. The molecule has 1 aromatic carbocycles. The number of hydrogen-bond donors (Lipinski definition) is 1. The number of halogens is 2. The Kier molecular flexibility index (Phi) is 8.75. The normalized spacial score (nSPS) is 24.9. The Bertz CT molecular complexity index is 1210. The van der Waals surface area contributed by atoms with Crippen LogP contribution in [0.3, 0.4) is 0 Å². The monoisotopic (exact) mass is 641 g/mol. The van der Waals surface area contributed by atoms with Crippen molar-refractivity contribution in [2.75, 3.05) is 17.6 Å². The number of nitrogens with one attached hydrogen (secondary N) is 1. The second kappa shape index (κ2) is 12.2. The lowest BCUT2D eigenvalue weighted by atomic mass is 10.1. The number of unbranched alkanes of at least 4 members (excludes halogenated alkanes) is 2. The fraction of sp³-hybridized carbons (Fsp3) is 0.520. The summed E-state index contributed by atoms with van der Waals surface area (Å²) in [6, 6.07) is 7.78. The molecule has 2 fully saturated rings. The molecule has 3 unspecified atom stereocenters. The lowest BCUT2D eigenvalue weighted by Crippen LogP contribution is -2.29. The summed E-state index contributed by atoms with van der Waals surface area (Å²) in [6.45, 7) is 3.21. The molecule has 0 bridgehead atoms. The zero-order valence-electron chi connectivity index (χ0n) is 20.4. The fourth-order valence-corrected chi connectivity index (χ4v) is 5.50. The first-order valence-corrected chi connectivity index (χ1v) is 14.3. The third-order valence-corrected chi connectivity index (χ3v) is 7.58. The SMILES string of the molecule is CCNC(=O)CCCCCOc1ccc(C2OC3C(O2)[C@@H](CI)O[C@H]3n2cnc3c(Cl)ncnc32)cc1. The van der Waals surface area contributed by atoms with E-state index in [4.69, 9.17) is 30.5 Å². The molecule has 4 heterocycles. The first kappa shape index (κ1) is 26.5. The van der Waals surface area contributed by atoms with E-state index >= 15 is 0 Å². The van der Waals surface area contributed by atoms with Crippen molar-refractivity contribution in [1.29, 1.82) is 0 Å². The van der Waals surface area contributed by atoms with Gasteiger partial charge in [-0.1, -0.05) is 46.3 Å². The molecular formula is C25H29ClIN5O5. The molecule has 5 rings (SSSR count). The maximum atomic E-state index is 11.5. The summed E-state index contributed by atoms with van der Waals surface area (Å²) >= 11 is 8.49. The molecule has 0 spiro atoms. The smallest absolute Gasteiger partial charge is 0.219 e. The van der Waals surface area contributed by atoms with Gasteiger partial charge in [0.1, 0.15) is 29.8 Å². The lowest BCUT2D eigenvalue weighted by molar-refractivity contribution is -0.142. The average Bonchev–Trinajstić information content (AvgIpc) is 3.61. The standard InChI is InChI=1S/C25H29ClIN5O5/c1-2-28-18(33)6-4-3-5-11-34-16-9-7-15(8-10-16)25-36-20-17(12-27)35-24(21(20)37-25)32-14-31-19-22(26)29-13-30-23(19)32/h7-10,13-14,17,20-21,24-25H,2-6,11-12H2,1H3,(H,28,33)/t17-,20?,21?,24-,25?/m1/s1. The Morgan fingerprint density at radius 3 is 2.70 bits per heavy atom. The van der Waals surface area contributed by atoms with Crippen molar-refractivity contribution >= 4 is 51.3 Å². The first-order chi connectivity index (χ1) is 18.1. The highest BCUT2D eigenvalue weighted by atomic mass is 127. The molecule has 2 aliphatic rings. The summed E-state index contributed by atoms with van der Waals surface area (Å²) in [7, 11) is 0. The quantitative estimate of drug-likeness (QED) is 0.142. The third kappa shape index (κ3) is 5.85. The molecule has 1 amide bonds. The summed E-state index contributed by atoms with van der Waals surface area (Å²) in [6.07, 6.45) is 4.71. The average molecular weight is 642 g/mol. The molecular weight excluding hydrogens is 613 g/mol. The predicted molar refractivity (Wildman–Crippen MR) is 145 cm³/mol. The van der Waals surface area contributed by atoms with Crippen LogP contribution in [0.2, 0.25) is 5.15 Å². The van der Waals surface area contributed by atoms with Gasteiger partial charge in [0.05, 0.1) is 19.0 Å². The highest BCUT2D eigenvalue weighted by Crippen LogP contribution is 2.45. The van der Waals surface area contributed by atoms with Crippen LogP contribution in [0.25, 0.3) is 11.2 Å². The van der Waals surface area contributed by atoms with Gasteiger partial charge in [0.25, 0.3) is 0 Å². The van der Waals surface area contributed by atoms with Gasteiger partial charge >= 0.3 is 0 Å². The van der Waals surface area contributed by atoms with E-state index in [2.05, 4.69) is 42.9 Å². The van der Waals surface area contributed by atoms with Gasteiger partial charge in [-0.05, 0) is 38.3 Å². The van der Waals surface area contributed by atoms with Gasteiger partial charge in [-0.15, -0.1) is 0 Å². The number of rotatable bonds is 11. The number of carbonyl (C=O) groups is 1. The summed E-state index contributed by atoms with van der Waals surface area (Å²) in [5.41, 5.74) is 2.03. The minimum absolute atomic E-state index is 0.110. The second-order valence-corrected chi connectivity index (χ2v) is 10.2. The highest BCUT2D eigenvalue weighted by molar-refractivity contribution is 14.1. The molecule has 5 atom stereocenters. The molecule has 0 aliphatic carbocycles. The molecule has 2 aliphatic heterocycles. The summed E-state index contributed by atoms with van der Waals surface area (Å²) in [5, 5.41) is 3.11. The summed E-state index contributed by atoms with van der Waals surface area (Å²) in [4.78, 5) is 24.2. The van der Waals surface area contributed by atoms with Gasteiger partial charge < -0.3 is 24.3 Å². The molecule has 3 aromatic rings. The topological polar surface area (TPSA) is 110 Å². The number of alkyl halides is 1. The van der Waals surface area contributed by atoms with E-state index in [-0.39, 0.29) is 24.2 Å². The number of aromatic nitrogens is 4. The van der Waals surface area contributed by atoms with Gasteiger partial charge in [0.15, 0.2) is 23.3 Å². The molecule has 10 nitrogen and oxygen atoms in total. The van der Waals surface area contributed by atoms with Crippen molar-refractivity contribution in [3.63, 3.8) is 0 Å². The predicted octanol–water partition coefficient (Wildman–Crippen LogP) is 4.37. The molecule has 2 saturated heterocycles. The maximum absolute atomic E-state index is 11.5. The maximum Gasteiger partial charge on any atom is 0.219 e. The van der Waals surface area contributed by atoms with Crippen LogP contribution >= 0.6 is 34.2 Å². The van der Waals surface area contributed by atoms with E-state index in [1.54, 1.807) is 6.33 Å². The van der Waals surface area contributed by atoms with E-state index < -0.39 is 12.5 Å². The van der Waals surface area contributed by atoms with Crippen LogP contribution in [0.5, 0.6) is 5.75 Å². The third-order valence-electron chi connectivity index (χ3n) is 6.43. The zero-order valence-corrected chi connectivity index (χ0v) is 23.3. The minimum Gasteiger partial charge on any atom is -0.494 e. The van der Waals surface area contributed by atoms with Gasteiger partial charge in [0.2, 0.25) is 5.91 Å². The number of ether oxygens (including phenoxy) is 4. The van der Waals surface area contributed by atoms with Crippen LogP contribution in [-0.4, -0.2) is 61.3 Å². The molecule has 0 radical (unpaired) electrons. The number of benzene rings is 1. The van der Waals surface area contributed by atoms with E-state index in [0.717, 1.165) is 35.0 Å². The number of fused-ring (bicyclic) bond motifs is 2. The van der Waals surface area contributed by atoms with Gasteiger partial charge in [0, 0.05) is 23.0 Å².